The Morgan fingerprint density at radius 2 is 0.506 bits per heavy atom. The topological polar surface area (TPSA) is 78.9 Å². The summed E-state index contributed by atoms with van der Waals surface area (Å²) in [7, 11) is 0. The summed E-state index contributed by atoms with van der Waals surface area (Å²) in [5, 5.41) is 0. The van der Waals surface area contributed by atoms with Gasteiger partial charge in [-0.1, -0.05) is 262 Å². The highest BCUT2D eigenvalue weighted by Crippen LogP contribution is 2.14. The Labute approximate surface area is 473 Å². The lowest BCUT2D eigenvalue weighted by Gasteiger charge is -2.18. The summed E-state index contributed by atoms with van der Waals surface area (Å²) in [5.74, 6) is -0.973. The van der Waals surface area contributed by atoms with Gasteiger partial charge < -0.3 is 14.2 Å². The zero-order valence-electron chi connectivity index (χ0n) is 49.4. The molecule has 0 aliphatic carbocycles. The molecule has 0 aromatic rings. The Morgan fingerprint density at radius 3 is 0.818 bits per heavy atom. The normalized spacial score (nSPS) is 13.2. The largest absolute Gasteiger partial charge is 0.462 e. The van der Waals surface area contributed by atoms with Crippen LogP contribution < -0.4 is 0 Å². The highest BCUT2D eigenvalue weighted by atomic mass is 16.6. The van der Waals surface area contributed by atoms with Gasteiger partial charge in [0.15, 0.2) is 6.10 Å². The minimum Gasteiger partial charge on any atom is -0.462 e. The highest BCUT2D eigenvalue weighted by molar-refractivity contribution is 5.71. The SMILES string of the molecule is CC/C=C\C/C=C\C/C=C\C/C=C\C/C=C\C/C=C\C/C=C\C/C=C\C/C=C\CCCCCCCC(=O)OCC(COC(=O)CCCCCCCCCCCCC)OC(=O)CCCC/C=C\C/C=C\C/C=C\C/C=C\CC. The van der Waals surface area contributed by atoms with Gasteiger partial charge in [-0.2, -0.15) is 0 Å². The monoisotopic (exact) mass is 1060 g/mol. The molecule has 0 amide bonds. The van der Waals surface area contributed by atoms with E-state index in [-0.39, 0.29) is 37.5 Å². The van der Waals surface area contributed by atoms with E-state index in [1.807, 2.05) is 0 Å². The van der Waals surface area contributed by atoms with Crippen LogP contribution in [0.1, 0.15) is 252 Å². The highest BCUT2D eigenvalue weighted by Gasteiger charge is 2.19. The molecule has 1 atom stereocenters. The van der Waals surface area contributed by atoms with Gasteiger partial charge in [-0.05, 0) is 128 Å². The van der Waals surface area contributed by atoms with Crippen molar-refractivity contribution in [3.05, 3.63) is 158 Å². The maximum atomic E-state index is 12.8. The number of unbranched alkanes of at least 4 members (excludes halogenated alkanes) is 17. The van der Waals surface area contributed by atoms with E-state index in [2.05, 4.69) is 179 Å². The predicted octanol–water partition coefficient (Wildman–Crippen LogP) is 21.3. The quantitative estimate of drug-likeness (QED) is 0.0261. The summed E-state index contributed by atoms with van der Waals surface area (Å²) < 4.78 is 16.8. The van der Waals surface area contributed by atoms with Crippen molar-refractivity contribution < 1.29 is 28.6 Å². The van der Waals surface area contributed by atoms with Gasteiger partial charge in [0.05, 0.1) is 0 Å². The van der Waals surface area contributed by atoms with Crippen LogP contribution in [0.4, 0.5) is 0 Å². The molecule has 0 saturated carbocycles. The fraction of sp³-hybridized carbons (Fsp3) is 0.592. The molecule has 0 heterocycles. The average Bonchev–Trinajstić information content (AvgIpc) is 3.43. The van der Waals surface area contributed by atoms with Gasteiger partial charge in [0, 0.05) is 19.3 Å². The zero-order valence-corrected chi connectivity index (χ0v) is 49.4. The maximum absolute atomic E-state index is 12.8. The Bertz CT molecular complexity index is 1740. The van der Waals surface area contributed by atoms with E-state index in [1.165, 1.54) is 51.4 Å². The van der Waals surface area contributed by atoms with Gasteiger partial charge in [0.25, 0.3) is 0 Å². The molecule has 0 spiro atoms. The predicted molar refractivity (Wildman–Crippen MR) is 334 cm³/mol. The summed E-state index contributed by atoms with van der Waals surface area (Å²) in [6, 6.07) is 0. The number of hydrogen-bond donors (Lipinski definition) is 0. The van der Waals surface area contributed by atoms with E-state index >= 15 is 0 Å². The van der Waals surface area contributed by atoms with Crippen molar-refractivity contribution in [1.82, 2.24) is 0 Å². The van der Waals surface area contributed by atoms with Crippen LogP contribution in [-0.4, -0.2) is 37.2 Å². The number of carbonyl (C=O) groups is 3. The molecule has 77 heavy (non-hydrogen) atoms. The molecule has 0 saturated heterocycles. The zero-order chi connectivity index (χ0) is 55.7. The molecule has 6 heteroatoms. The van der Waals surface area contributed by atoms with Crippen LogP contribution in [0, 0.1) is 0 Å². The minimum atomic E-state index is -0.813. The summed E-state index contributed by atoms with van der Waals surface area (Å²) >= 11 is 0. The molecule has 0 aliphatic heterocycles. The third kappa shape index (κ3) is 61.8. The van der Waals surface area contributed by atoms with E-state index in [1.54, 1.807) is 0 Å². The van der Waals surface area contributed by atoms with Crippen LogP contribution in [-0.2, 0) is 28.6 Å². The lowest BCUT2D eigenvalue weighted by molar-refractivity contribution is -0.167. The van der Waals surface area contributed by atoms with E-state index in [0.29, 0.717) is 19.3 Å². The maximum Gasteiger partial charge on any atom is 0.306 e. The van der Waals surface area contributed by atoms with Crippen molar-refractivity contribution >= 4 is 17.9 Å². The Kier molecular flexibility index (Phi) is 59.5. The second-order valence-corrected chi connectivity index (χ2v) is 19.9. The third-order valence-corrected chi connectivity index (χ3v) is 12.5. The van der Waals surface area contributed by atoms with E-state index < -0.39 is 6.10 Å². The van der Waals surface area contributed by atoms with Crippen LogP contribution in [0.2, 0.25) is 0 Å². The van der Waals surface area contributed by atoms with Gasteiger partial charge in [0.2, 0.25) is 0 Å². The Balaban J connectivity index is 4.33. The molecule has 0 N–H and O–H groups in total. The molecule has 0 rings (SSSR count). The summed E-state index contributed by atoms with van der Waals surface area (Å²) in [4.78, 5) is 38.1. The van der Waals surface area contributed by atoms with Crippen LogP contribution in [0.3, 0.4) is 0 Å². The molecule has 432 valence electrons. The van der Waals surface area contributed by atoms with Crippen LogP contribution in [0.5, 0.6) is 0 Å². The summed E-state index contributed by atoms with van der Waals surface area (Å²) in [6.07, 6.45) is 92.5. The van der Waals surface area contributed by atoms with Gasteiger partial charge >= 0.3 is 17.9 Å². The first-order chi connectivity index (χ1) is 38.0. The van der Waals surface area contributed by atoms with Gasteiger partial charge in [-0.15, -0.1) is 0 Å². The molecule has 0 bridgehead atoms. The fourth-order valence-electron chi connectivity index (χ4n) is 7.95. The lowest BCUT2D eigenvalue weighted by atomic mass is 10.1. The van der Waals surface area contributed by atoms with Crippen molar-refractivity contribution in [2.24, 2.45) is 0 Å². The number of hydrogen-bond acceptors (Lipinski definition) is 6. The number of esters is 3. The molecular formula is C71H112O6. The molecule has 0 aromatic heterocycles. The second kappa shape index (κ2) is 63.6. The molecule has 0 fully saturated rings. The average molecular weight is 1060 g/mol. The van der Waals surface area contributed by atoms with Crippen LogP contribution >= 0.6 is 0 Å². The van der Waals surface area contributed by atoms with Crippen molar-refractivity contribution in [1.29, 1.82) is 0 Å². The number of carbonyl (C=O) groups excluding carboxylic acids is 3. The Hall–Kier alpha value is -4.97. The minimum absolute atomic E-state index is 0.105. The van der Waals surface area contributed by atoms with Crippen molar-refractivity contribution in [3.63, 3.8) is 0 Å². The molecule has 1 unspecified atom stereocenters. The van der Waals surface area contributed by atoms with Gasteiger partial charge in [-0.25, -0.2) is 0 Å². The van der Waals surface area contributed by atoms with E-state index in [0.717, 1.165) is 154 Å². The molecular weight excluding hydrogens is 949 g/mol. The van der Waals surface area contributed by atoms with Crippen molar-refractivity contribution in [2.75, 3.05) is 13.2 Å². The first kappa shape index (κ1) is 72.0. The fourth-order valence-corrected chi connectivity index (χ4v) is 7.95. The van der Waals surface area contributed by atoms with Crippen LogP contribution in [0.15, 0.2) is 158 Å². The van der Waals surface area contributed by atoms with Crippen molar-refractivity contribution in [3.8, 4) is 0 Å². The number of rotatable bonds is 54. The molecule has 6 nitrogen and oxygen atoms in total. The smallest absolute Gasteiger partial charge is 0.306 e. The molecule has 0 aromatic carbocycles. The third-order valence-electron chi connectivity index (χ3n) is 12.5. The summed E-state index contributed by atoms with van der Waals surface area (Å²) in [6.45, 7) is 6.34. The number of allylic oxidation sites excluding steroid dienone is 26. The molecule has 0 aliphatic rings. The molecule has 0 radical (unpaired) electrons. The second-order valence-electron chi connectivity index (χ2n) is 19.9. The first-order valence-corrected chi connectivity index (χ1v) is 31.0. The summed E-state index contributed by atoms with van der Waals surface area (Å²) in [5.41, 5.74) is 0. The number of ether oxygens (including phenoxy) is 3. The van der Waals surface area contributed by atoms with E-state index in [4.69, 9.17) is 14.2 Å². The van der Waals surface area contributed by atoms with Crippen molar-refractivity contribution in [2.45, 2.75) is 258 Å². The van der Waals surface area contributed by atoms with Gasteiger partial charge in [-0.3, -0.25) is 14.4 Å². The first-order valence-electron chi connectivity index (χ1n) is 31.0. The van der Waals surface area contributed by atoms with E-state index in [9.17, 15) is 14.4 Å². The standard InChI is InChI=1S/C71H112O6/c1-4-7-10-13-16-19-22-24-26-27-28-29-30-31-32-33-34-35-36-37-38-39-40-41-42-43-45-46-49-52-55-58-61-64-70(73)76-67-68(66-75-69(72)63-60-57-54-51-48-21-18-15-12-9-6-3)77-71(74)65-62-59-56-53-50-47-44-25-23-20-17-14-11-8-5-2/h7-8,10-11,16-17,19-20,24-26,28-29,31-32,34-35,37-38,40-41,43-45,50,53,68H,4-6,9,12-15,18,21-23,27,30,33,36,39,42,46-49,51-52,54-67H2,1-3H3/b10-7-,11-8-,19-16-,20-17-,26-24-,29-28-,32-31-,35-34-,38-37-,41-40-,44-25-,45-43-,53-50-. The van der Waals surface area contributed by atoms with Crippen LogP contribution in [0.25, 0.3) is 0 Å². The van der Waals surface area contributed by atoms with Gasteiger partial charge in [0.1, 0.15) is 13.2 Å². The lowest BCUT2D eigenvalue weighted by Crippen LogP contribution is -2.30. The Morgan fingerprint density at radius 1 is 0.273 bits per heavy atom.